The highest BCUT2D eigenvalue weighted by Gasteiger charge is 2.26. The highest BCUT2D eigenvalue weighted by Crippen LogP contribution is 2.31. The van der Waals surface area contributed by atoms with Crippen LogP contribution in [0.1, 0.15) is 39.5 Å². The van der Waals surface area contributed by atoms with Gasteiger partial charge in [0.2, 0.25) is 0 Å². The second-order valence-electron chi connectivity index (χ2n) is 4.56. The molecule has 1 saturated carbocycles. The number of hydrogen-bond donors (Lipinski definition) is 1. The quantitative estimate of drug-likeness (QED) is 0.707. The maximum absolute atomic E-state index is 3.49. The summed E-state index contributed by atoms with van der Waals surface area (Å²) in [5.41, 5.74) is 0. The fraction of sp³-hybridized carbons (Fsp3) is 1.00. The lowest BCUT2D eigenvalue weighted by Gasteiger charge is -2.34. The highest BCUT2D eigenvalue weighted by molar-refractivity contribution is 7.99. The summed E-state index contributed by atoms with van der Waals surface area (Å²) >= 11 is 2.09. The fourth-order valence-electron chi connectivity index (χ4n) is 2.58. The molecule has 0 aromatic heterocycles. The van der Waals surface area contributed by atoms with Gasteiger partial charge in [0.05, 0.1) is 0 Å². The summed E-state index contributed by atoms with van der Waals surface area (Å²) in [6.07, 6.45) is 5.66. The van der Waals surface area contributed by atoms with Crippen LogP contribution in [0.15, 0.2) is 0 Å². The first-order valence-electron chi connectivity index (χ1n) is 6.03. The van der Waals surface area contributed by atoms with Crippen molar-refractivity contribution < 1.29 is 0 Å². The Balaban J connectivity index is 2.29. The minimum atomic E-state index is 0.795. The Labute approximate surface area is 93.4 Å². The van der Waals surface area contributed by atoms with Crippen molar-refractivity contribution in [3.8, 4) is 0 Å². The number of thioether (sulfide) groups is 1. The molecule has 2 heteroatoms. The molecule has 84 valence electrons. The summed E-state index contributed by atoms with van der Waals surface area (Å²) < 4.78 is 0. The van der Waals surface area contributed by atoms with Gasteiger partial charge in [0.1, 0.15) is 0 Å². The summed E-state index contributed by atoms with van der Waals surface area (Å²) in [5.74, 6) is 4.51. The van der Waals surface area contributed by atoms with Crippen LogP contribution >= 0.6 is 11.8 Å². The molecule has 0 bridgehead atoms. The van der Waals surface area contributed by atoms with Gasteiger partial charge < -0.3 is 5.32 Å². The van der Waals surface area contributed by atoms with E-state index in [1.54, 1.807) is 0 Å². The van der Waals surface area contributed by atoms with Crippen LogP contribution in [0.25, 0.3) is 0 Å². The molecule has 1 N–H and O–H groups in total. The first-order valence-corrected chi connectivity index (χ1v) is 7.18. The molecule has 3 unspecified atom stereocenters. The van der Waals surface area contributed by atoms with E-state index in [2.05, 4.69) is 38.0 Å². The predicted octanol–water partition coefficient (Wildman–Crippen LogP) is 3.15. The molecule has 0 spiro atoms. The van der Waals surface area contributed by atoms with Gasteiger partial charge in [0, 0.05) is 6.04 Å². The van der Waals surface area contributed by atoms with Gasteiger partial charge in [-0.05, 0) is 56.1 Å². The maximum Gasteiger partial charge on any atom is 0.00928 e. The number of hydrogen-bond acceptors (Lipinski definition) is 2. The van der Waals surface area contributed by atoms with Crippen LogP contribution in [0.5, 0.6) is 0 Å². The van der Waals surface area contributed by atoms with Gasteiger partial charge in [-0.1, -0.05) is 13.8 Å². The summed E-state index contributed by atoms with van der Waals surface area (Å²) in [6.45, 7) is 4.66. The molecule has 14 heavy (non-hydrogen) atoms. The average molecular weight is 215 g/mol. The lowest BCUT2D eigenvalue weighted by Crippen LogP contribution is -2.38. The molecule has 1 aliphatic rings. The average Bonchev–Trinajstić information content (AvgIpc) is 2.19. The van der Waals surface area contributed by atoms with Crippen molar-refractivity contribution in [3.63, 3.8) is 0 Å². The Morgan fingerprint density at radius 1 is 1.36 bits per heavy atom. The van der Waals surface area contributed by atoms with Crippen molar-refractivity contribution in [2.45, 2.75) is 45.6 Å². The number of rotatable bonds is 5. The second kappa shape index (κ2) is 6.73. The Hall–Kier alpha value is 0.310. The lowest BCUT2D eigenvalue weighted by molar-refractivity contribution is 0.217. The normalized spacial score (nSPS) is 33.2. The third kappa shape index (κ3) is 3.82. The third-order valence-corrected chi connectivity index (χ3v) is 4.39. The molecule has 1 rings (SSSR count). The molecular formula is C12H25NS. The van der Waals surface area contributed by atoms with Gasteiger partial charge in [-0.2, -0.15) is 11.8 Å². The lowest BCUT2D eigenvalue weighted by atomic mass is 9.77. The van der Waals surface area contributed by atoms with E-state index in [1.165, 1.54) is 37.2 Å². The molecule has 0 amide bonds. The Morgan fingerprint density at radius 3 is 2.79 bits per heavy atom. The Morgan fingerprint density at radius 2 is 2.14 bits per heavy atom. The summed E-state index contributed by atoms with van der Waals surface area (Å²) in [4.78, 5) is 0. The third-order valence-electron chi connectivity index (χ3n) is 3.45. The van der Waals surface area contributed by atoms with E-state index in [4.69, 9.17) is 0 Å². The van der Waals surface area contributed by atoms with Gasteiger partial charge in [-0.25, -0.2) is 0 Å². The molecular weight excluding hydrogens is 190 g/mol. The standard InChI is InChI=1S/C12H25NS/c1-4-14-8-7-11-9-10(2)5-6-12(11)13-3/h10-13H,4-9H2,1-3H3. The van der Waals surface area contributed by atoms with E-state index in [0.717, 1.165) is 17.9 Å². The topological polar surface area (TPSA) is 12.0 Å². The van der Waals surface area contributed by atoms with Crippen molar-refractivity contribution in [2.75, 3.05) is 18.6 Å². The first kappa shape index (κ1) is 12.4. The largest absolute Gasteiger partial charge is 0.317 e. The van der Waals surface area contributed by atoms with Gasteiger partial charge in [-0.3, -0.25) is 0 Å². The zero-order chi connectivity index (χ0) is 10.4. The van der Waals surface area contributed by atoms with E-state index < -0.39 is 0 Å². The van der Waals surface area contributed by atoms with E-state index in [9.17, 15) is 0 Å². The van der Waals surface area contributed by atoms with Gasteiger partial charge >= 0.3 is 0 Å². The zero-order valence-corrected chi connectivity index (χ0v) is 10.7. The van der Waals surface area contributed by atoms with Crippen LogP contribution in [0.2, 0.25) is 0 Å². The molecule has 1 fully saturated rings. The van der Waals surface area contributed by atoms with Crippen LogP contribution in [-0.4, -0.2) is 24.6 Å². The molecule has 0 aromatic carbocycles. The molecule has 0 heterocycles. The minimum absolute atomic E-state index is 0.795. The second-order valence-corrected chi connectivity index (χ2v) is 5.95. The van der Waals surface area contributed by atoms with Crippen molar-refractivity contribution in [2.24, 2.45) is 11.8 Å². The van der Waals surface area contributed by atoms with Gasteiger partial charge in [0.15, 0.2) is 0 Å². The Kier molecular flexibility index (Phi) is 5.95. The molecule has 0 saturated heterocycles. The van der Waals surface area contributed by atoms with Crippen LogP contribution < -0.4 is 5.32 Å². The SMILES string of the molecule is CCSCCC1CC(C)CCC1NC. The molecule has 0 radical (unpaired) electrons. The molecule has 1 nitrogen and oxygen atoms in total. The van der Waals surface area contributed by atoms with Gasteiger partial charge in [-0.15, -0.1) is 0 Å². The maximum atomic E-state index is 3.49. The predicted molar refractivity (Wildman–Crippen MR) is 67.0 cm³/mol. The van der Waals surface area contributed by atoms with Crippen molar-refractivity contribution in [1.82, 2.24) is 5.32 Å². The first-order chi connectivity index (χ1) is 6.77. The van der Waals surface area contributed by atoms with Crippen molar-refractivity contribution in [3.05, 3.63) is 0 Å². The minimum Gasteiger partial charge on any atom is -0.317 e. The van der Waals surface area contributed by atoms with Crippen LogP contribution in [0, 0.1) is 11.8 Å². The molecule has 3 atom stereocenters. The van der Waals surface area contributed by atoms with E-state index in [0.29, 0.717) is 0 Å². The van der Waals surface area contributed by atoms with E-state index >= 15 is 0 Å². The van der Waals surface area contributed by atoms with Crippen molar-refractivity contribution in [1.29, 1.82) is 0 Å². The van der Waals surface area contributed by atoms with Crippen LogP contribution in [0.4, 0.5) is 0 Å². The van der Waals surface area contributed by atoms with Crippen molar-refractivity contribution >= 4 is 11.8 Å². The highest BCUT2D eigenvalue weighted by atomic mass is 32.2. The molecule has 0 aromatic rings. The van der Waals surface area contributed by atoms with Gasteiger partial charge in [0.25, 0.3) is 0 Å². The fourth-order valence-corrected chi connectivity index (χ4v) is 3.33. The zero-order valence-electron chi connectivity index (χ0n) is 9.88. The monoisotopic (exact) mass is 215 g/mol. The van der Waals surface area contributed by atoms with E-state index in [-0.39, 0.29) is 0 Å². The van der Waals surface area contributed by atoms with Crippen LogP contribution in [-0.2, 0) is 0 Å². The van der Waals surface area contributed by atoms with Crippen LogP contribution in [0.3, 0.4) is 0 Å². The summed E-state index contributed by atoms with van der Waals surface area (Å²) in [7, 11) is 2.13. The number of nitrogens with one attached hydrogen (secondary N) is 1. The summed E-state index contributed by atoms with van der Waals surface area (Å²) in [5, 5.41) is 3.49. The summed E-state index contributed by atoms with van der Waals surface area (Å²) in [6, 6.07) is 0.795. The Bertz CT molecular complexity index is 149. The van der Waals surface area contributed by atoms with E-state index in [1.807, 2.05) is 0 Å². The molecule has 0 aliphatic heterocycles. The smallest absolute Gasteiger partial charge is 0.00928 e. The molecule has 1 aliphatic carbocycles.